The molecule has 0 radical (unpaired) electrons. The average molecular weight is 227 g/mol. The molecular formula is C13H29N3. The maximum absolute atomic E-state index is 3.50. The second kappa shape index (κ2) is 6.58. The first-order chi connectivity index (χ1) is 7.54. The number of piperazine rings is 1. The van der Waals surface area contributed by atoms with E-state index in [-0.39, 0.29) is 0 Å². The van der Waals surface area contributed by atoms with Gasteiger partial charge in [-0.1, -0.05) is 6.92 Å². The zero-order chi connectivity index (χ0) is 12.1. The van der Waals surface area contributed by atoms with Crippen molar-refractivity contribution in [3.05, 3.63) is 0 Å². The molecule has 1 fully saturated rings. The molecule has 0 aromatic heterocycles. The summed E-state index contributed by atoms with van der Waals surface area (Å²) in [6, 6.07) is 2.03. The minimum atomic E-state index is 0.634. The molecule has 0 aromatic rings. The second-order valence-electron chi connectivity index (χ2n) is 5.37. The van der Waals surface area contributed by atoms with E-state index < -0.39 is 0 Å². The fourth-order valence-electron chi connectivity index (χ4n) is 2.57. The highest BCUT2D eigenvalue weighted by Gasteiger charge is 2.24. The van der Waals surface area contributed by atoms with E-state index in [1.807, 2.05) is 0 Å². The van der Waals surface area contributed by atoms with Gasteiger partial charge in [-0.25, -0.2) is 0 Å². The Bertz CT molecular complexity index is 196. The van der Waals surface area contributed by atoms with E-state index in [0.717, 1.165) is 6.54 Å². The summed E-state index contributed by atoms with van der Waals surface area (Å²) in [4.78, 5) is 5.09. The molecule has 0 bridgehead atoms. The van der Waals surface area contributed by atoms with Gasteiger partial charge in [0.2, 0.25) is 0 Å². The summed E-state index contributed by atoms with van der Waals surface area (Å²) < 4.78 is 0. The smallest absolute Gasteiger partial charge is 0.0192 e. The summed E-state index contributed by atoms with van der Waals surface area (Å²) in [6.07, 6.45) is 1.25. The summed E-state index contributed by atoms with van der Waals surface area (Å²) in [7, 11) is 2.23. The fraction of sp³-hybridized carbons (Fsp3) is 1.00. The maximum Gasteiger partial charge on any atom is 0.0192 e. The molecule has 1 N–H and O–H groups in total. The Hall–Kier alpha value is -0.120. The van der Waals surface area contributed by atoms with E-state index in [1.54, 1.807) is 0 Å². The van der Waals surface area contributed by atoms with Gasteiger partial charge in [0.1, 0.15) is 0 Å². The van der Waals surface area contributed by atoms with Gasteiger partial charge in [0.05, 0.1) is 0 Å². The standard InChI is InChI=1S/C13H29N3/c1-6-14-11(2)9-12(3)16-8-7-15(5)13(4)10-16/h11-14H,6-10H2,1-5H3. The van der Waals surface area contributed by atoms with Crippen molar-refractivity contribution in [2.24, 2.45) is 0 Å². The van der Waals surface area contributed by atoms with Gasteiger partial charge in [0.25, 0.3) is 0 Å². The summed E-state index contributed by atoms with van der Waals surface area (Å²) in [6.45, 7) is 13.9. The van der Waals surface area contributed by atoms with E-state index in [2.05, 4.69) is 49.9 Å². The summed E-state index contributed by atoms with van der Waals surface area (Å²) >= 11 is 0. The van der Waals surface area contributed by atoms with Crippen LogP contribution in [-0.4, -0.2) is 61.2 Å². The third-order valence-electron chi connectivity index (χ3n) is 3.86. The number of nitrogens with zero attached hydrogens (tertiary/aromatic N) is 2. The van der Waals surface area contributed by atoms with Crippen molar-refractivity contribution in [2.45, 2.75) is 52.2 Å². The van der Waals surface area contributed by atoms with Gasteiger partial charge in [-0.2, -0.15) is 0 Å². The highest BCUT2D eigenvalue weighted by molar-refractivity contribution is 4.81. The van der Waals surface area contributed by atoms with Crippen LogP contribution in [-0.2, 0) is 0 Å². The van der Waals surface area contributed by atoms with Crippen molar-refractivity contribution in [1.82, 2.24) is 15.1 Å². The van der Waals surface area contributed by atoms with Crippen LogP contribution >= 0.6 is 0 Å². The van der Waals surface area contributed by atoms with Crippen molar-refractivity contribution < 1.29 is 0 Å². The van der Waals surface area contributed by atoms with Crippen LogP contribution in [0.25, 0.3) is 0 Å². The molecular weight excluding hydrogens is 198 g/mol. The molecule has 3 heteroatoms. The van der Waals surface area contributed by atoms with Crippen LogP contribution in [0.5, 0.6) is 0 Å². The Labute approximate surface area is 101 Å². The number of hydrogen-bond donors (Lipinski definition) is 1. The first-order valence-electron chi connectivity index (χ1n) is 6.72. The van der Waals surface area contributed by atoms with Crippen LogP contribution in [0.4, 0.5) is 0 Å². The lowest BCUT2D eigenvalue weighted by Gasteiger charge is -2.41. The van der Waals surface area contributed by atoms with Crippen LogP contribution < -0.4 is 5.32 Å². The van der Waals surface area contributed by atoms with Crippen LogP contribution in [0.3, 0.4) is 0 Å². The number of rotatable bonds is 5. The second-order valence-corrected chi connectivity index (χ2v) is 5.37. The Morgan fingerprint density at radius 1 is 1.31 bits per heavy atom. The van der Waals surface area contributed by atoms with Crippen LogP contribution in [0.15, 0.2) is 0 Å². The number of hydrogen-bond acceptors (Lipinski definition) is 3. The van der Waals surface area contributed by atoms with E-state index >= 15 is 0 Å². The first-order valence-corrected chi connectivity index (χ1v) is 6.72. The summed E-state index contributed by atoms with van der Waals surface area (Å²) in [5.41, 5.74) is 0. The van der Waals surface area contributed by atoms with Gasteiger partial charge in [-0.3, -0.25) is 4.90 Å². The minimum Gasteiger partial charge on any atom is -0.314 e. The SMILES string of the molecule is CCNC(C)CC(C)N1CCN(C)C(C)C1. The molecule has 3 nitrogen and oxygen atoms in total. The molecule has 0 spiro atoms. The van der Waals surface area contributed by atoms with Gasteiger partial charge in [0, 0.05) is 37.8 Å². The number of likely N-dealkylation sites (N-methyl/N-ethyl adjacent to an activating group) is 1. The lowest BCUT2D eigenvalue weighted by molar-refractivity contribution is 0.0716. The normalized spacial score (nSPS) is 27.9. The Morgan fingerprint density at radius 3 is 2.56 bits per heavy atom. The molecule has 3 atom stereocenters. The minimum absolute atomic E-state index is 0.634. The highest BCUT2D eigenvalue weighted by Crippen LogP contribution is 2.13. The lowest BCUT2D eigenvalue weighted by atomic mass is 10.1. The van der Waals surface area contributed by atoms with Crippen molar-refractivity contribution in [2.75, 3.05) is 33.2 Å². The van der Waals surface area contributed by atoms with E-state index in [4.69, 9.17) is 0 Å². The molecule has 1 aliphatic rings. The third kappa shape index (κ3) is 4.04. The van der Waals surface area contributed by atoms with Crippen LogP contribution in [0.1, 0.15) is 34.1 Å². The molecule has 3 unspecified atom stereocenters. The first kappa shape index (κ1) is 13.9. The zero-order valence-corrected chi connectivity index (χ0v) is 11.7. The molecule has 0 aromatic carbocycles. The Morgan fingerprint density at radius 2 is 2.00 bits per heavy atom. The summed E-state index contributed by atoms with van der Waals surface area (Å²) in [5.74, 6) is 0. The molecule has 0 aliphatic carbocycles. The highest BCUT2D eigenvalue weighted by atomic mass is 15.3. The van der Waals surface area contributed by atoms with Crippen molar-refractivity contribution >= 4 is 0 Å². The van der Waals surface area contributed by atoms with Crippen LogP contribution in [0, 0.1) is 0 Å². The Balaban J connectivity index is 2.33. The number of nitrogens with one attached hydrogen (secondary N) is 1. The molecule has 0 amide bonds. The van der Waals surface area contributed by atoms with Gasteiger partial charge in [0.15, 0.2) is 0 Å². The predicted octanol–water partition coefficient (Wildman–Crippen LogP) is 1.40. The Kier molecular flexibility index (Phi) is 5.73. The monoisotopic (exact) mass is 227 g/mol. The topological polar surface area (TPSA) is 18.5 Å². The van der Waals surface area contributed by atoms with Gasteiger partial charge in [-0.15, -0.1) is 0 Å². The predicted molar refractivity (Wildman–Crippen MR) is 70.9 cm³/mol. The third-order valence-corrected chi connectivity index (χ3v) is 3.86. The molecule has 1 saturated heterocycles. The van der Waals surface area contributed by atoms with Crippen molar-refractivity contribution in [3.63, 3.8) is 0 Å². The maximum atomic E-state index is 3.50. The van der Waals surface area contributed by atoms with Gasteiger partial charge >= 0.3 is 0 Å². The molecule has 16 heavy (non-hydrogen) atoms. The van der Waals surface area contributed by atoms with Crippen molar-refractivity contribution in [1.29, 1.82) is 0 Å². The lowest BCUT2D eigenvalue weighted by Crippen LogP contribution is -2.53. The van der Waals surface area contributed by atoms with E-state index in [0.29, 0.717) is 18.1 Å². The van der Waals surface area contributed by atoms with Gasteiger partial charge in [-0.05, 0) is 40.8 Å². The molecule has 1 heterocycles. The van der Waals surface area contributed by atoms with Gasteiger partial charge < -0.3 is 10.2 Å². The van der Waals surface area contributed by atoms with E-state index in [9.17, 15) is 0 Å². The fourth-order valence-corrected chi connectivity index (χ4v) is 2.57. The quantitative estimate of drug-likeness (QED) is 0.766. The molecule has 96 valence electrons. The molecule has 1 rings (SSSR count). The largest absolute Gasteiger partial charge is 0.314 e. The van der Waals surface area contributed by atoms with Crippen molar-refractivity contribution in [3.8, 4) is 0 Å². The molecule has 0 saturated carbocycles. The molecule has 1 aliphatic heterocycles. The van der Waals surface area contributed by atoms with E-state index in [1.165, 1.54) is 26.1 Å². The summed E-state index contributed by atoms with van der Waals surface area (Å²) in [5, 5.41) is 3.50. The average Bonchev–Trinajstić information content (AvgIpc) is 2.22. The zero-order valence-electron chi connectivity index (χ0n) is 11.7. The van der Waals surface area contributed by atoms with Crippen LogP contribution in [0.2, 0.25) is 0 Å².